The van der Waals surface area contributed by atoms with Crippen molar-refractivity contribution in [2.45, 2.75) is 64.8 Å². The van der Waals surface area contributed by atoms with Gasteiger partial charge in [-0.05, 0) is 55.0 Å². The molecule has 1 aliphatic rings. The molecule has 158 valence electrons. The van der Waals surface area contributed by atoms with E-state index in [0.29, 0.717) is 18.4 Å². The van der Waals surface area contributed by atoms with E-state index in [-0.39, 0.29) is 5.91 Å². The van der Waals surface area contributed by atoms with Gasteiger partial charge in [0.05, 0.1) is 14.2 Å². The predicted molar refractivity (Wildman–Crippen MR) is 110 cm³/mol. The minimum Gasteiger partial charge on any atom is -0.493 e. The molecule has 0 spiro atoms. The number of ether oxygens (including phenoxy) is 2. The van der Waals surface area contributed by atoms with Gasteiger partial charge in [-0.25, -0.2) is 5.48 Å². The van der Waals surface area contributed by atoms with Crippen LogP contribution in [0.25, 0.3) is 0 Å². The van der Waals surface area contributed by atoms with E-state index in [1.54, 1.807) is 19.7 Å². The van der Waals surface area contributed by atoms with Crippen LogP contribution >= 0.6 is 0 Å². The van der Waals surface area contributed by atoms with Crippen molar-refractivity contribution in [2.75, 3.05) is 27.3 Å². The van der Waals surface area contributed by atoms with Gasteiger partial charge in [0.25, 0.3) is 0 Å². The minimum atomic E-state index is -0.293. The highest BCUT2D eigenvalue weighted by Crippen LogP contribution is 2.41. The average molecular weight is 393 g/mol. The lowest BCUT2D eigenvalue weighted by molar-refractivity contribution is -0.129. The van der Waals surface area contributed by atoms with Crippen LogP contribution in [0.1, 0.15) is 69.5 Å². The van der Waals surface area contributed by atoms with Gasteiger partial charge in [-0.3, -0.25) is 14.9 Å². The van der Waals surface area contributed by atoms with Crippen molar-refractivity contribution < 1.29 is 19.5 Å². The number of hydrogen-bond acceptors (Lipinski definition) is 5. The van der Waals surface area contributed by atoms with Gasteiger partial charge in [0, 0.05) is 19.0 Å². The third-order valence-corrected chi connectivity index (χ3v) is 5.63. The van der Waals surface area contributed by atoms with Crippen molar-refractivity contribution in [1.82, 2.24) is 10.4 Å². The molecule has 6 heteroatoms. The topological polar surface area (TPSA) is 71.0 Å². The van der Waals surface area contributed by atoms with Gasteiger partial charge in [-0.2, -0.15) is 0 Å². The van der Waals surface area contributed by atoms with E-state index in [1.165, 1.54) is 17.5 Å². The Morgan fingerprint density at radius 1 is 1.14 bits per heavy atom. The third-order valence-electron chi connectivity index (χ3n) is 5.63. The maximum Gasteiger partial charge on any atom is 0.243 e. The summed E-state index contributed by atoms with van der Waals surface area (Å²) in [4.78, 5) is 13.6. The summed E-state index contributed by atoms with van der Waals surface area (Å²) in [7, 11) is 3.38. The summed E-state index contributed by atoms with van der Waals surface area (Å²) in [6.45, 7) is 6.74. The predicted octanol–water partition coefficient (Wildman–Crippen LogP) is 4.11. The van der Waals surface area contributed by atoms with E-state index < -0.39 is 0 Å². The molecule has 0 radical (unpaired) electrons. The molecule has 1 aromatic carbocycles. The summed E-state index contributed by atoms with van der Waals surface area (Å²) >= 11 is 0. The Hall–Kier alpha value is -1.79. The summed E-state index contributed by atoms with van der Waals surface area (Å²) < 4.78 is 11.0. The fraction of sp³-hybridized carbons (Fsp3) is 0.682. The summed E-state index contributed by atoms with van der Waals surface area (Å²) in [5, 5.41) is 8.50. The smallest absolute Gasteiger partial charge is 0.243 e. The lowest BCUT2D eigenvalue weighted by Gasteiger charge is -2.40. The van der Waals surface area contributed by atoms with Crippen LogP contribution < -0.4 is 15.0 Å². The number of amides is 1. The molecular weight excluding hydrogens is 356 g/mol. The second-order valence-electron chi connectivity index (χ2n) is 7.93. The lowest BCUT2D eigenvalue weighted by Crippen LogP contribution is -2.38. The first-order chi connectivity index (χ1) is 13.5. The van der Waals surface area contributed by atoms with E-state index in [2.05, 4.69) is 30.9 Å². The summed E-state index contributed by atoms with van der Waals surface area (Å²) in [6, 6.07) is 4.71. The van der Waals surface area contributed by atoms with Crippen LogP contribution in [-0.4, -0.2) is 43.3 Å². The van der Waals surface area contributed by atoms with Gasteiger partial charge < -0.3 is 9.47 Å². The normalized spacial score (nSPS) is 16.7. The Bertz CT molecular complexity index is 633. The Kier molecular flexibility index (Phi) is 9.06. The molecule has 1 heterocycles. The van der Waals surface area contributed by atoms with E-state index in [4.69, 9.17) is 14.7 Å². The van der Waals surface area contributed by atoms with E-state index in [9.17, 15) is 4.79 Å². The van der Waals surface area contributed by atoms with Gasteiger partial charge in [0.1, 0.15) is 0 Å². The standard InChI is InChI=1S/C22H36N2O4/c1-16(2)22-18-15-20(28-4)19(27-3)14-17(18)11-13-24(22)12-9-7-5-6-8-10-21(25)23-26/h14-16,22,26H,5-13H2,1-4H3,(H,23,25). The van der Waals surface area contributed by atoms with Crippen LogP contribution in [0.15, 0.2) is 12.1 Å². The number of unbranched alkanes of at least 4 members (excludes halogenated alkanes) is 4. The molecule has 6 nitrogen and oxygen atoms in total. The molecule has 0 aliphatic carbocycles. The molecule has 2 rings (SSSR count). The maximum atomic E-state index is 11.0. The van der Waals surface area contributed by atoms with Crippen LogP contribution in [-0.2, 0) is 11.2 Å². The molecule has 28 heavy (non-hydrogen) atoms. The molecule has 0 saturated heterocycles. The Morgan fingerprint density at radius 2 is 1.79 bits per heavy atom. The van der Waals surface area contributed by atoms with Crippen molar-refractivity contribution in [3.63, 3.8) is 0 Å². The van der Waals surface area contributed by atoms with Crippen molar-refractivity contribution >= 4 is 5.91 Å². The van der Waals surface area contributed by atoms with Crippen LogP contribution in [0.3, 0.4) is 0 Å². The number of benzene rings is 1. The molecule has 1 amide bonds. The molecule has 2 N–H and O–H groups in total. The number of carbonyl (C=O) groups excluding carboxylic acids is 1. The third kappa shape index (κ3) is 5.85. The molecule has 0 saturated carbocycles. The quantitative estimate of drug-likeness (QED) is 0.337. The zero-order valence-electron chi connectivity index (χ0n) is 17.8. The van der Waals surface area contributed by atoms with Crippen molar-refractivity contribution in [3.05, 3.63) is 23.3 Å². The molecule has 1 unspecified atom stereocenters. The zero-order valence-corrected chi connectivity index (χ0v) is 17.8. The lowest BCUT2D eigenvalue weighted by atomic mass is 9.85. The fourth-order valence-electron chi connectivity index (χ4n) is 4.25. The van der Waals surface area contributed by atoms with Crippen LogP contribution in [0.2, 0.25) is 0 Å². The average Bonchev–Trinajstić information content (AvgIpc) is 2.70. The van der Waals surface area contributed by atoms with Crippen molar-refractivity contribution in [1.29, 1.82) is 0 Å². The highest BCUT2D eigenvalue weighted by atomic mass is 16.5. The van der Waals surface area contributed by atoms with Gasteiger partial charge in [0.2, 0.25) is 5.91 Å². The zero-order chi connectivity index (χ0) is 20.5. The van der Waals surface area contributed by atoms with E-state index in [0.717, 1.165) is 56.7 Å². The summed E-state index contributed by atoms with van der Waals surface area (Å²) in [6.07, 6.45) is 6.76. The van der Waals surface area contributed by atoms with E-state index >= 15 is 0 Å². The monoisotopic (exact) mass is 392 g/mol. The summed E-state index contributed by atoms with van der Waals surface area (Å²) in [5.74, 6) is 1.85. The molecule has 0 bridgehead atoms. The first kappa shape index (κ1) is 22.5. The number of hydrogen-bond donors (Lipinski definition) is 2. The molecule has 1 aliphatic heterocycles. The summed E-state index contributed by atoms with van der Waals surface area (Å²) in [5.41, 5.74) is 4.43. The number of fused-ring (bicyclic) bond motifs is 1. The first-order valence-corrected chi connectivity index (χ1v) is 10.4. The molecule has 1 aromatic rings. The molecule has 0 aromatic heterocycles. The first-order valence-electron chi connectivity index (χ1n) is 10.4. The highest BCUT2D eigenvalue weighted by Gasteiger charge is 2.30. The van der Waals surface area contributed by atoms with Crippen LogP contribution in [0.5, 0.6) is 11.5 Å². The Labute approximate surface area is 169 Å². The minimum absolute atomic E-state index is 0.293. The Balaban J connectivity index is 1.91. The SMILES string of the molecule is COc1cc2c(cc1OC)C(C(C)C)N(CCCCCCCC(=O)NO)CC2. The number of methoxy groups -OCH3 is 2. The van der Waals surface area contributed by atoms with Crippen LogP contribution in [0, 0.1) is 5.92 Å². The number of nitrogens with one attached hydrogen (secondary N) is 1. The molecule has 1 atom stereocenters. The van der Waals surface area contributed by atoms with Gasteiger partial charge in [-0.15, -0.1) is 0 Å². The molecule has 0 fully saturated rings. The maximum absolute atomic E-state index is 11.0. The molecular formula is C22H36N2O4. The Morgan fingerprint density at radius 3 is 2.43 bits per heavy atom. The van der Waals surface area contributed by atoms with Crippen molar-refractivity contribution in [3.8, 4) is 11.5 Å². The van der Waals surface area contributed by atoms with Crippen LogP contribution in [0.4, 0.5) is 0 Å². The fourth-order valence-corrected chi connectivity index (χ4v) is 4.25. The van der Waals surface area contributed by atoms with Gasteiger partial charge in [0.15, 0.2) is 11.5 Å². The number of hydroxylamine groups is 1. The van der Waals surface area contributed by atoms with Gasteiger partial charge >= 0.3 is 0 Å². The number of nitrogens with zero attached hydrogens (tertiary/aromatic N) is 1. The second kappa shape index (κ2) is 11.3. The van der Waals surface area contributed by atoms with Gasteiger partial charge in [-0.1, -0.05) is 33.1 Å². The number of rotatable bonds is 11. The highest BCUT2D eigenvalue weighted by molar-refractivity contribution is 5.74. The van der Waals surface area contributed by atoms with Crippen molar-refractivity contribution in [2.24, 2.45) is 5.92 Å². The van der Waals surface area contributed by atoms with E-state index in [1.807, 2.05) is 0 Å². The largest absolute Gasteiger partial charge is 0.493 e. The second-order valence-corrected chi connectivity index (χ2v) is 7.93. The number of carbonyl (C=O) groups is 1.